The van der Waals surface area contributed by atoms with Crippen molar-refractivity contribution in [3.8, 4) is 17.2 Å². The van der Waals surface area contributed by atoms with Crippen molar-refractivity contribution in [2.24, 2.45) is 0 Å². The molecule has 0 radical (unpaired) electrons. The number of halogens is 1. The summed E-state index contributed by atoms with van der Waals surface area (Å²) in [5.41, 5.74) is 0.559. The molecule has 166 valence electrons. The summed E-state index contributed by atoms with van der Waals surface area (Å²) in [6.07, 6.45) is 0. The van der Waals surface area contributed by atoms with Crippen LogP contribution in [0.5, 0.6) is 17.2 Å². The summed E-state index contributed by atoms with van der Waals surface area (Å²) < 4.78 is 56.6. The number of rotatable bonds is 7. The van der Waals surface area contributed by atoms with Crippen LogP contribution in [0.3, 0.4) is 0 Å². The number of nitrogens with one attached hydrogen (secondary N) is 1. The molecule has 0 fully saturated rings. The van der Waals surface area contributed by atoms with Crippen molar-refractivity contribution in [3.05, 3.63) is 72.5 Å². The Bertz CT molecular complexity index is 1230. The molecule has 0 spiro atoms. The van der Waals surface area contributed by atoms with Gasteiger partial charge in [0, 0.05) is 11.8 Å². The molecule has 4 rings (SSSR count). The van der Waals surface area contributed by atoms with Gasteiger partial charge in [-0.15, -0.1) is 0 Å². The molecular formula is C22H19FN2O6S. The summed E-state index contributed by atoms with van der Waals surface area (Å²) in [4.78, 5) is 12.7. The first-order valence-corrected chi connectivity index (χ1v) is 10.9. The van der Waals surface area contributed by atoms with Gasteiger partial charge in [0.15, 0.2) is 11.5 Å². The number of ether oxygens (including phenoxy) is 3. The number of carbonyl (C=O) groups is 1. The van der Waals surface area contributed by atoms with Crippen LogP contribution in [-0.4, -0.2) is 34.8 Å². The van der Waals surface area contributed by atoms with E-state index >= 15 is 0 Å². The minimum absolute atomic E-state index is 0.0431. The molecule has 10 heteroatoms. The molecule has 1 N–H and O–H groups in total. The maximum absolute atomic E-state index is 13.4. The molecule has 1 aliphatic rings. The molecule has 1 aliphatic heterocycles. The fraction of sp³-hybridized carbons (Fsp3) is 0.136. The molecule has 0 saturated heterocycles. The van der Waals surface area contributed by atoms with E-state index in [1.165, 1.54) is 43.5 Å². The highest BCUT2D eigenvalue weighted by Gasteiger charge is 2.27. The number of sulfonamides is 1. The first-order chi connectivity index (χ1) is 15.4. The minimum atomic E-state index is -4.14. The van der Waals surface area contributed by atoms with Crippen molar-refractivity contribution in [2.75, 3.05) is 30.1 Å². The van der Waals surface area contributed by atoms with E-state index in [4.69, 9.17) is 14.2 Å². The monoisotopic (exact) mass is 458 g/mol. The third-order valence-electron chi connectivity index (χ3n) is 4.71. The van der Waals surface area contributed by atoms with Crippen LogP contribution >= 0.6 is 0 Å². The largest absolute Gasteiger partial charge is 0.497 e. The lowest BCUT2D eigenvalue weighted by Gasteiger charge is -2.24. The Kier molecular flexibility index (Phi) is 5.87. The molecule has 0 atom stereocenters. The smallest absolute Gasteiger partial charge is 0.264 e. The van der Waals surface area contributed by atoms with Crippen molar-refractivity contribution in [2.45, 2.75) is 4.90 Å². The number of nitrogens with zero attached hydrogens (tertiary/aromatic N) is 1. The Labute approximate surface area is 184 Å². The Morgan fingerprint density at radius 1 is 1.03 bits per heavy atom. The summed E-state index contributed by atoms with van der Waals surface area (Å²) in [5, 5.41) is 2.65. The predicted octanol–water partition coefficient (Wildman–Crippen LogP) is 3.40. The molecule has 3 aromatic rings. The maximum atomic E-state index is 13.4. The topological polar surface area (TPSA) is 94.2 Å². The predicted molar refractivity (Wildman–Crippen MR) is 115 cm³/mol. The summed E-state index contributed by atoms with van der Waals surface area (Å²) in [7, 11) is -2.67. The van der Waals surface area contributed by atoms with E-state index in [1.54, 1.807) is 18.2 Å². The lowest BCUT2D eigenvalue weighted by Crippen LogP contribution is -2.38. The highest BCUT2D eigenvalue weighted by atomic mass is 32.2. The number of amides is 1. The normalized spacial score (nSPS) is 12.3. The van der Waals surface area contributed by atoms with Crippen LogP contribution in [0.15, 0.2) is 71.6 Å². The van der Waals surface area contributed by atoms with E-state index in [2.05, 4.69) is 5.32 Å². The van der Waals surface area contributed by atoms with E-state index in [-0.39, 0.29) is 17.4 Å². The van der Waals surface area contributed by atoms with Gasteiger partial charge in [-0.1, -0.05) is 0 Å². The van der Waals surface area contributed by atoms with Crippen molar-refractivity contribution in [1.82, 2.24) is 0 Å². The van der Waals surface area contributed by atoms with E-state index < -0.39 is 28.3 Å². The SMILES string of the molecule is COc1ccc(S(=O)(=O)N(CC(=O)Nc2ccc3c(c2)OCO3)c2ccc(F)cc2)cc1. The lowest BCUT2D eigenvalue weighted by molar-refractivity contribution is -0.114. The number of methoxy groups -OCH3 is 1. The summed E-state index contributed by atoms with van der Waals surface area (Å²) in [6.45, 7) is -0.445. The molecule has 8 nitrogen and oxygen atoms in total. The zero-order chi connectivity index (χ0) is 22.7. The first kappa shape index (κ1) is 21.4. The van der Waals surface area contributed by atoms with Crippen molar-refractivity contribution < 1.29 is 31.8 Å². The molecule has 1 heterocycles. The fourth-order valence-electron chi connectivity index (χ4n) is 3.10. The Balaban J connectivity index is 1.61. The zero-order valence-electron chi connectivity index (χ0n) is 16.9. The van der Waals surface area contributed by atoms with Crippen LogP contribution in [0, 0.1) is 5.82 Å². The van der Waals surface area contributed by atoms with Crippen LogP contribution in [0.4, 0.5) is 15.8 Å². The van der Waals surface area contributed by atoms with E-state index in [0.717, 1.165) is 16.4 Å². The molecule has 32 heavy (non-hydrogen) atoms. The first-order valence-electron chi connectivity index (χ1n) is 9.49. The van der Waals surface area contributed by atoms with Crippen LogP contribution in [0.1, 0.15) is 0 Å². The van der Waals surface area contributed by atoms with Gasteiger partial charge in [0.2, 0.25) is 12.7 Å². The van der Waals surface area contributed by atoms with Crippen molar-refractivity contribution >= 4 is 27.3 Å². The van der Waals surface area contributed by atoms with E-state index in [9.17, 15) is 17.6 Å². The second-order valence-corrected chi connectivity index (χ2v) is 8.64. The molecule has 0 aliphatic carbocycles. The summed E-state index contributed by atoms with van der Waals surface area (Å²) in [5.74, 6) is 0.394. The van der Waals surface area contributed by atoms with E-state index in [1.807, 2.05) is 0 Å². The molecule has 1 amide bonds. The molecule has 0 saturated carbocycles. The molecule has 0 bridgehead atoms. The number of fused-ring (bicyclic) bond motifs is 1. The third kappa shape index (κ3) is 4.45. The maximum Gasteiger partial charge on any atom is 0.264 e. The highest BCUT2D eigenvalue weighted by Crippen LogP contribution is 2.34. The van der Waals surface area contributed by atoms with Gasteiger partial charge < -0.3 is 19.5 Å². The highest BCUT2D eigenvalue weighted by molar-refractivity contribution is 7.92. The molecule has 0 unspecified atom stereocenters. The second-order valence-electron chi connectivity index (χ2n) is 6.78. The Hall–Kier alpha value is -3.79. The standard InChI is InChI=1S/C22H19FN2O6S/c1-29-18-7-9-19(10-8-18)32(27,28)25(17-5-2-15(23)3-6-17)13-22(26)24-16-4-11-20-21(12-16)31-14-30-20/h2-12H,13-14H2,1H3,(H,24,26). The van der Waals surface area contributed by atoms with Gasteiger partial charge in [-0.05, 0) is 60.7 Å². The van der Waals surface area contributed by atoms with Crippen LogP contribution in [-0.2, 0) is 14.8 Å². The quantitative estimate of drug-likeness (QED) is 0.583. The minimum Gasteiger partial charge on any atom is -0.497 e. The third-order valence-corrected chi connectivity index (χ3v) is 6.49. The number of hydrogen-bond donors (Lipinski definition) is 1. The summed E-state index contributed by atoms with van der Waals surface area (Å²) in [6, 6.07) is 15.4. The number of anilines is 2. The van der Waals surface area contributed by atoms with Gasteiger partial charge in [-0.25, -0.2) is 12.8 Å². The fourth-order valence-corrected chi connectivity index (χ4v) is 4.52. The average Bonchev–Trinajstić information content (AvgIpc) is 3.26. The molecular weight excluding hydrogens is 439 g/mol. The number of benzene rings is 3. The second kappa shape index (κ2) is 8.75. The Morgan fingerprint density at radius 3 is 2.41 bits per heavy atom. The zero-order valence-corrected chi connectivity index (χ0v) is 17.8. The average molecular weight is 458 g/mol. The molecule has 3 aromatic carbocycles. The van der Waals surface area contributed by atoms with Gasteiger partial charge in [-0.2, -0.15) is 0 Å². The number of carbonyl (C=O) groups excluding carboxylic acids is 1. The van der Waals surface area contributed by atoms with Gasteiger partial charge in [0.1, 0.15) is 18.1 Å². The van der Waals surface area contributed by atoms with Crippen LogP contribution in [0.2, 0.25) is 0 Å². The van der Waals surface area contributed by atoms with Crippen molar-refractivity contribution in [3.63, 3.8) is 0 Å². The van der Waals surface area contributed by atoms with Gasteiger partial charge in [0.25, 0.3) is 10.0 Å². The van der Waals surface area contributed by atoms with E-state index in [0.29, 0.717) is 22.9 Å². The van der Waals surface area contributed by atoms with Crippen molar-refractivity contribution in [1.29, 1.82) is 0 Å². The van der Waals surface area contributed by atoms with Crippen LogP contribution < -0.4 is 23.8 Å². The summed E-state index contributed by atoms with van der Waals surface area (Å²) >= 11 is 0. The van der Waals surface area contributed by atoms with Gasteiger partial charge in [0.05, 0.1) is 17.7 Å². The number of hydrogen-bond acceptors (Lipinski definition) is 6. The lowest BCUT2D eigenvalue weighted by atomic mass is 10.2. The molecule has 0 aromatic heterocycles. The Morgan fingerprint density at radius 2 is 1.72 bits per heavy atom. The van der Waals surface area contributed by atoms with Gasteiger partial charge in [-0.3, -0.25) is 9.10 Å². The van der Waals surface area contributed by atoms with Crippen LogP contribution in [0.25, 0.3) is 0 Å². The van der Waals surface area contributed by atoms with Gasteiger partial charge >= 0.3 is 0 Å².